The largest absolute Gasteiger partial charge is 0.456 e. The first-order chi connectivity index (χ1) is 14.3. The number of halogens is 1. The second kappa shape index (κ2) is 12.6. The van der Waals surface area contributed by atoms with Crippen LogP contribution in [0, 0.1) is 11.3 Å². The van der Waals surface area contributed by atoms with Gasteiger partial charge >= 0.3 is 5.97 Å². The molecule has 0 aromatic carbocycles. The van der Waals surface area contributed by atoms with Crippen molar-refractivity contribution in [2.75, 3.05) is 19.9 Å². The fourth-order valence-electron chi connectivity index (χ4n) is 3.44. The first-order valence-electron chi connectivity index (χ1n) is 10.6. The van der Waals surface area contributed by atoms with Crippen LogP contribution in [0.2, 0.25) is 0 Å². The average Bonchev–Trinajstić information content (AvgIpc) is 2.98. The molecule has 0 saturated carbocycles. The third-order valence-electron chi connectivity index (χ3n) is 4.80. The molecule has 0 spiro atoms. The van der Waals surface area contributed by atoms with Crippen molar-refractivity contribution in [3.05, 3.63) is 0 Å². The maximum Gasteiger partial charge on any atom is 0.303 e. The summed E-state index contributed by atoms with van der Waals surface area (Å²) in [6, 6.07) is 1.92. The van der Waals surface area contributed by atoms with Gasteiger partial charge in [-0.3, -0.25) is 4.79 Å². The minimum atomic E-state index is -3.17. The van der Waals surface area contributed by atoms with Gasteiger partial charge in [0, 0.05) is 25.4 Å². The Morgan fingerprint density at radius 2 is 1.94 bits per heavy atom. The molecule has 0 aromatic rings. The van der Waals surface area contributed by atoms with Crippen LogP contribution in [-0.4, -0.2) is 80.7 Å². The van der Waals surface area contributed by atoms with E-state index in [0.29, 0.717) is 0 Å². The van der Waals surface area contributed by atoms with Gasteiger partial charge in [0.25, 0.3) is 8.53 Å². The molecule has 6 atom stereocenters. The van der Waals surface area contributed by atoms with Crippen LogP contribution in [0.4, 0.5) is 4.39 Å². The highest BCUT2D eigenvalue weighted by molar-refractivity contribution is 7.62. The molecule has 1 heterocycles. The molecule has 1 aliphatic rings. The summed E-state index contributed by atoms with van der Waals surface area (Å²) in [4.78, 5) is 11.6. The Labute approximate surface area is 187 Å². The van der Waals surface area contributed by atoms with Crippen molar-refractivity contribution in [3.63, 3.8) is 0 Å². The summed E-state index contributed by atoms with van der Waals surface area (Å²) >= 11 is 0. The molecule has 12 heteroatoms. The number of esters is 1. The van der Waals surface area contributed by atoms with Crippen molar-refractivity contribution >= 4 is 29.5 Å². The summed E-state index contributed by atoms with van der Waals surface area (Å²) in [5.74, 6) is -2.49. The van der Waals surface area contributed by atoms with E-state index in [-0.39, 0.29) is 31.5 Å². The van der Waals surface area contributed by atoms with Crippen LogP contribution < -0.4 is 0 Å². The Bertz CT molecular complexity index is 666. The Kier molecular flexibility index (Phi) is 11.6. The zero-order chi connectivity index (χ0) is 23.9. The molecule has 1 rings (SSSR count). The number of hydrogen-bond acceptors (Lipinski definition) is 8. The minimum absolute atomic E-state index is 0.136. The summed E-state index contributed by atoms with van der Waals surface area (Å²) in [6.45, 7) is 12.2. The molecule has 0 bridgehead atoms. The van der Waals surface area contributed by atoms with Crippen molar-refractivity contribution in [2.45, 2.75) is 89.8 Å². The first-order valence-corrected chi connectivity index (χ1v) is 14.4. The van der Waals surface area contributed by atoms with Crippen LogP contribution in [-0.2, 0) is 27.9 Å². The molecule has 1 fully saturated rings. The summed E-state index contributed by atoms with van der Waals surface area (Å²) in [5, 5.41) is 8.85. The van der Waals surface area contributed by atoms with Crippen molar-refractivity contribution in [3.8, 4) is 6.07 Å². The first kappa shape index (κ1) is 28.5. The van der Waals surface area contributed by atoms with E-state index < -0.39 is 51.9 Å². The van der Waals surface area contributed by atoms with E-state index in [1.54, 1.807) is 7.85 Å². The second-order valence-electron chi connectivity index (χ2n) is 8.69. The predicted octanol–water partition coefficient (Wildman–Crippen LogP) is 3.25. The number of alkyl halides is 1. The number of rotatable bonds is 12. The van der Waals surface area contributed by atoms with Gasteiger partial charge in [0.15, 0.2) is 12.0 Å². The SMILES string of the molecule is B[C@@H]1O[C@H](C(OC(C)=O)C(F)P(C)(C)=O)C[C@@H]1OP(OCCC#N)N(C(C)C)C(C)C. The molecular weight excluding hydrogens is 444 g/mol. The molecule has 0 aromatic heterocycles. The maximum atomic E-state index is 14.9. The number of hydrogen-bond donors (Lipinski definition) is 0. The van der Waals surface area contributed by atoms with Crippen LogP contribution in [0.15, 0.2) is 0 Å². The number of nitrogens with zero attached hydrogens (tertiary/aromatic N) is 2. The molecule has 31 heavy (non-hydrogen) atoms. The molecule has 1 aliphatic heterocycles. The predicted molar refractivity (Wildman–Crippen MR) is 122 cm³/mol. The summed E-state index contributed by atoms with van der Waals surface area (Å²) < 4.78 is 52.7. The average molecular weight is 480 g/mol. The van der Waals surface area contributed by atoms with Crippen LogP contribution in [0.5, 0.6) is 0 Å². The van der Waals surface area contributed by atoms with Gasteiger partial charge in [-0.2, -0.15) is 5.26 Å². The molecular formula is C19H36BFN2O6P2. The molecule has 8 nitrogen and oxygen atoms in total. The molecule has 0 radical (unpaired) electrons. The van der Waals surface area contributed by atoms with Gasteiger partial charge in [0.05, 0.1) is 37.3 Å². The van der Waals surface area contributed by atoms with Crippen molar-refractivity contribution in [1.82, 2.24) is 4.67 Å². The number of nitriles is 1. The van der Waals surface area contributed by atoms with Gasteiger partial charge in [0.1, 0.15) is 15.0 Å². The molecule has 178 valence electrons. The van der Waals surface area contributed by atoms with Crippen molar-refractivity contribution in [1.29, 1.82) is 5.26 Å². The smallest absolute Gasteiger partial charge is 0.303 e. The van der Waals surface area contributed by atoms with Gasteiger partial charge in [-0.1, -0.05) is 0 Å². The fourth-order valence-corrected chi connectivity index (χ4v) is 6.20. The lowest BCUT2D eigenvalue weighted by Crippen LogP contribution is -2.39. The normalized spacial score (nSPS) is 24.9. The molecule has 3 unspecified atom stereocenters. The van der Waals surface area contributed by atoms with Gasteiger partial charge in [-0.25, -0.2) is 9.06 Å². The van der Waals surface area contributed by atoms with Crippen LogP contribution >= 0.6 is 15.7 Å². The highest BCUT2D eigenvalue weighted by Crippen LogP contribution is 2.51. The lowest BCUT2D eigenvalue weighted by atomic mass is 9.94. The standard InChI is InChI=1S/C19H36BFN2O6P2/c1-12(2)23(13(3)4)30(26-10-8-9-22)29-16-11-15(28-18(16)20)17(27-14(5)24)19(21)31(6,7)25/h12-13,15-19H,8,10-11,20H2,1-7H3/t15-,16-,17?,18+,19?,30?/m0/s1. The van der Waals surface area contributed by atoms with Crippen LogP contribution in [0.3, 0.4) is 0 Å². The molecule has 0 aliphatic carbocycles. The number of carbonyl (C=O) groups excluding carboxylic acids is 1. The van der Waals surface area contributed by atoms with E-state index in [0.717, 1.165) is 0 Å². The lowest BCUT2D eigenvalue weighted by molar-refractivity contribution is -0.156. The van der Waals surface area contributed by atoms with Gasteiger partial charge in [0.2, 0.25) is 0 Å². The quantitative estimate of drug-likeness (QED) is 0.182. The topological polar surface area (TPSA) is 98.1 Å². The Morgan fingerprint density at radius 3 is 2.39 bits per heavy atom. The van der Waals surface area contributed by atoms with Crippen LogP contribution in [0.25, 0.3) is 0 Å². The van der Waals surface area contributed by atoms with E-state index in [1.807, 2.05) is 27.7 Å². The summed E-state index contributed by atoms with van der Waals surface area (Å²) in [5.41, 5.74) is 0. The summed E-state index contributed by atoms with van der Waals surface area (Å²) in [7, 11) is -2.87. The van der Waals surface area contributed by atoms with Gasteiger partial charge in [-0.05, 0) is 41.0 Å². The maximum absolute atomic E-state index is 14.9. The zero-order valence-electron chi connectivity index (χ0n) is 19.8. The van der Waals surface area contributed by atoms with Crippen molar-refractivity contribution < 1.29 is 32.3 Å². The Morgan fingerprint density at radius 1 is 1.35 bits per heavy atom. The van der Waals surface area contributed by atoms with E-state index in [1.165, 1.54) is 20.3 Å². The second-order valence-corrected chi connectivity index (χ2v) is 13.5. The Balaban J connectivity index is 3.03. The molecule has 1 saturated heterocycles. The van der Waals surface area contributed by atoms with E-state index in [9.17, 15) is 13.8 Å². The van der Waals surface area contributed by atoms with Gasteiger partial charge in [-0.15, -0.1) is 0 Å². The third kappa shape index (κ3) is 8.72. The van der Waals surface area contributed by atoms with E-state index >= 15 is 0 Å². The minimum Gasteiger partial charge on any atom is -0.456 e. The molecule has 0 N–H and O–H groups in total. The van der Waals surface area contributed by atoms with Crippen molar-refractivity contribution in [2.24, 2.45) is 0 Å². The van der Waals surface area contributed by atoms with Gasteiger partial charge < -0.3 is 23.1 Å². The van der Waals surface area contributed by atoms with E-state index in [2.05, 4.69) is 10.7 Å². The number of carbonyl (C=O) groups is 1. The lowest BCUT2D eigenvalue weighted by Gasteiger charge is -2.37. The monoisotopic (exact) mass is 480 g/mol. The molecule has 0 amide bonds. The zero-order valence-corrected chi connectivity index (χ0v) is 21.6. The highest BCUT2D eigenvalue weighted by atomic mass is 31.2. The third-order valence-corrected chi connectivity index (χ3v) is 8.44. The van der Waals surface area contributed by atoms with E-state index in [4.69, 9.17) is 23.8 Å². The van der Waals surface area contributed by atoms with Crippen LogP contribution in [0.1, 0.15) is 47.5 Å². The summed E-state index contributed by atoms with van der Waals surface area (Å²) in [6.07, 6.45) is -1.98. The highest BCUT2D eigenvalue weighted by Gasteiger charge is 2.47. The fraction of sp³-hybridized carbons (Fsp3) is 0.895. The Hall–Kier alpha value is -0.545. The number of ether oxygens (including phenoxy) is 2.